The standard InChI is InChI=1S/C45H36N.Ir/c1-29(2)30-14-16-33(17-15-30)35-23-25-43-40(26-35)39(34-20-18-32(19-21-34)31-10-6-5-7-11-31)28-44(46-43)36-22-24-38-37-12-8-9-13-41(37)45(3,4)42(38)27-36;/h5-21,23-29H,1-4H3;/q-1;. The molecule has 0 saturated heterocycles. The summed E-state index contributed by atoms with van der Waals surface area (Å²) in [4.78, 5) is 5.26. The molecule has 2 heteroatoms. The molecule has 1 heterocycles. The van der Waals surface area contributed by atoms with Crippen LogP contribution in [0.25, 0.3) is 66.7 Å². The van der Waals surface area contributed by atoms with E-state index < -0.39 is 0 Å². The van der Waals surface area contributed by atoms with Crippen molar-refractivity contribution in [3.8, 4) is 55.8 Å². The van der Waals surface area contributed by atoms with E-state index in [0.29, 0.717) is 5.92 Å². The van der Waals surface area contributed by atoms with E-state index in [1.165, 1.54) is 61.2 Å². The Balaban J connectivity index is 0.00000351. The zero-order valence-electron chi connectivity index (χ0n) is 27.1. The summed E-state index contributed by atoms with van der Waals surface area (Å²) in [6.45, 7) is 9.12. The molecule has 47 heavy (non-hydrogen) atoms. The summed E-state index contributed by atoms with van der Waals surface area (Å²) in [6.07, 6.45) is 0. The number of aromatic nitrogens is 1. The third-order valence-corrected chi connectivity index (χ3v) is 9.81. The number of fused-ring (bicyclic) bond motifs is 4. The molecule has 6 aromatic carbocycles. The number of rotatable bonds is 5. The van der Waals surface area contributed by atoms with Crippen LogP contribution in [0, 0.1) is 6.07 Å². The van der Waals surface area contributed by atoms with E-state index in [0.717, 1.165) is 22.2 Å². The fraction of sp³-hybridized carbons (Fsp3) is 0.133. The molecule has 0 amide bonds. The van der Waals surface area contributed by atoms with E-state index in [4.69, 9.17) is 4.98 Å². The van der Waals surface area contributed by atoms with Gasteiger partial charge in [0.2, 0.25) is 0 Å². The maximum Gasteiger partial charge on any atom is 0.0602 e. The molecule has 0 bridgehead atoms. The molecule has 231 valence electrons. The van der Waals surface area contributed by atoms with Crippen LogP contribution in [0.1, 0.15) is 50.3 Å². The Morgan fingerprint density at radius 1 is 0.553 bits per heavy atom. The normalized spacial score (nSPS) is 12.9. The van der Waals surface area contributed by atoms with E-state index in [-0.39, 0.29) is 25.5 Å². The Morgan fingerprint density at radius 3 is 1.91 bits per heavy atom. The maximum absolute atomic E-state index is 5.26. The van der Waals surface area contributed by atoms with Crippen LogP contribution in [-0.4, -0.2) is 4.98 Å². The van der Waals surface area contributed by atoms with Gasteiger partial charge in [0.05, 0.1) is 5.52 Å². The Hall–Kier alpha value is -4.62. The van der Waals surface area contributed by atoms with Gasteiger partial charge in [-0.15, -0.1) is 29.3 Å². The first-order valence-electron chi connectivity index (χ1n) is 16.2. The van der Waals surface area contributed by atoms with E-state index in [1.807, 2.05) is 0 Å². The number of hydrogen-bond acceptors (Lipinski definition) is 1. The molecular weight excluding hydrogens is 747 g/mol. The summed E-state index contributed by atoms with van der Waals surface area (Å²) in [5.41, 5.74) is 16.7. The van der Waals surface area contributed by atoms with Crippen LogP contribution in [0.4, 0.5) is 0 Å². The number of nitrogens with zero attached hydrogens (tertiary/aromatic N) is 1. The SMILES string of the molecule is CC(C)c1ccc(-c2ccc3nc(-c4[c-]cc5c(c4)C(C)(C)c4ccccc4-5)cc(-c4ccc(-c5ccccc5)cc4)c3c2)cc1.[Ir]. The fourth-order valence-electron chi connectivity index (χ4n) is 7.10. The van der Waals surface area contributed by atoms with Gasteiger partial charge >= 0.3 is 0 Å². The van der Waals surface area contributed by atoms with Gasteiger partial charge in [0.1, 0.15) is 0 Å². The Labute approximate surface area is 291 Å². The number of pyridine rings is 1. The molecule has 0 aliphatic heterocycles. The molecule has 1 nitrogen and oxygen atoms in total. The largest absolute Gasteiger partial charge is 0.296 e. The molecule has 1 aromatic heterocycles. The summed E-state index contributed by atoms with van der Waals surface area (Å²) in [5.74, 6) is 0.509. The second kappa shape index (κ2) is 12.2. The minimum atomic E-state index is -0.0806. The maximum atomic E-state index is 5.26. The van der Waals surface area contributed by atoms with Crippen LogP contribution in [0.3, 0.4) is 0 Å². The molecule has 0 fully saturated rings. The summed E-state index contributed by atoms with van der Waals surface area (Å²) < 4.78 is 0. The monoisotopic (exact) mass is 783 g/mol. The zero-order chi connectivity index (χ0) is 31.4. The van der Waals surface area contributed by atoms with Gasteiger partial charge in [0.25, 0.3) is 0 Å². The molecule has 8 rings (SSSR count). The van der Waals surface area contributed by atoms with Crippen LogP contribution < -0.4 is 0 Å². The van der Waals surface area contributed by atoms with Gasteiger partial charge in [0.15, 0.2) is 0 Å². The van der Waals surface area contributed by atoms with Crippen molar-refractivity contribution in [1.29, 1.82) is 0 Å². The van der Waals surface area contributed by atoms with Crippen LogP contribution in [-0.2, 0) is 25.5 Å². The Bertz CT molecular complexity index is 2230. The molecule has 0 unspecified atom stereocenters. The average Bonchev–Trinajstić information content (AvgIpc) is 3.33. The van der Waals surface area contributed by atoms with Gasteiger partial charge < -0.3 is 0 Å². The van der Waals surface area contributed by atoms with Gasteiger partial charge in [-0.1, -0.05) is 154 Å². The van der Waals surface area contributed by atoms with Crippen molar-refractivity contribution in [3.63, 3.8) is 0 Å². The van der Waals surface area contributed by atoms with Crippen molar-refractivity contribution < 1.29 is 20.1 Å². The van der Waals surface area contributed by atoms with Crippen molar-refractivity contribution in [3.05, 3.63) is 162 Å². The van der Waals surface area contributed by atoms with E-state index in [2.05, 4.69) is 173 Å². The first-order valence-corrected chi connectivity index (χ1v) is 16.2. The molecule has 1 aliphatic carbocycles. The molecular formula is C45H36IrN-. The van der Waals surface area contributed by atoms with E-state index in [9.17, 15) is 0 Å². The van der Waals surface area contributed by atoms with E-state index >= 15 is 0 Å². The molecule has 1 aliphatic rings. The van der Waals surface area contributed by atoms with Gasteiger partial charge in [-0.2, -0.15) is 0 Å². The van der Waals surface area contributed by atoms with Crippen LogP contribution in [0.2, 0.25) is 0 Å². The van der Waals surface area contributed by atoms with Gasteiger partial charge in [-0.25, -0.2) is 0 Å². The average molecular weight is 783 g/mol. The molecule has 0 saturated carbocycles. The summed E-state index contributed by atoms with van der Waals surface area (Å²) in [7, 11) is 0. The van der Waals surface area contributed by atoms with Crippen LogP contribution in [0.5, 0.6) is 0 Å². The van der Waals surface area contributed by atoms with Crippen molar-refractivity contribution in [2.75, 3.05) is 0 Å². The third kappa shape index (κ3) is 5.46. The van der Waals surface area contributed by atoms with Crippen molar-refractivity contribution in [1.82, 2.24) is 4.98 Å². The minimum absolute atomic E-state index is 0. The Kier molecular flexibility index (Phi) is 8.04. The van der Waals surface area contributed by atoms with Gasteiger partial charge in [-0.05, 0) is 73.7 Å². The molecule has 0 atom stereocenters. The molecule has 7 aromatic rings. The summed E-state index contributed by atoms with van der Waals surface area (Å²) in [5, 5.41) is 1.15. The predicted molar refractivity (Wildman–Crippen MR) is 194 cm³/mol. The summed E-state index contributed by atoms with van der Waals surface area (Å²) in [6, 6.07) is 54.3. The molecule has 0 N–H and O–H groups in total. The minimum Gasteiger partial charge on any atom is -0.296 e. The quantitative estimate of drug-likeness (QED) is 0.159. The van der Waals surface area contributed by atoms with Gasteiger partial charge in [0, 0.05) is 25.5 Å². The number of benzene rings is 6. The smallest absolute Gasteiger partial charge is 0.0602 e. The molecule has 0 spiro atoms. The first-order chi connectivity index (χ1) is 22.4. The Morgan fingerprint density at radius 2 is 1.17 bits per heavy atom. The predicted octanol–water partition coefficient (Wildman–Crippen LogP) is 12.1. The van der Waals surface area contributed by atoms with Crippen molar-refractivity contribution in [2.24, 2.45) is 0 Å². The van der Waals surface area contributed by atoms with Crippen LogP contribution in [0.15, 0.2) is 140 Å². The van der Waals surface area contributed by atoms with Crippen molar-refractivity contribution in [2.45, 2.75) is 39.0 Å². The second-order valence-corrected chi connectivity index (χ2v) is 13.4. The molecule has 1 radical (unpaired) electrons. The number of hydrogen-bond donors (Lipinski definition) is 0. The van der Waals surface area contributed by atoms with Crippen LogP contribution >= 0.6 is 0 Å². The third-order valence-electron chi connectivity index (χ3n) is 9.81. The fourth-order valence-corrected chi connectivity index (χ4v) is 7.10. The zero-order valence-corrected chi connectivity index (χ0v) is 29.5. The second-order valence-electron chi connectivity index (χ2n) is 13.4. The topological polar surface area (TPSA) is 12.9 Å². The summed E-state index contributed by atoms with van der Waals surface area (Å²) >= 11 is 0. The van der Waals surface area contributed by atoms with E-state index in [1.54, 1.807) is 0 Å². The first kappa shape index (κ1) is 31.0. The van der Waals surface area contributed by atoms with Crippen molar-refractivity contribution >= 4 is 10.9 Å². The van der Waals surface area contributed by atoms with Gasteiger partial charge in [-0.3, -0.25) is 4.98 Å².